The van der Waals surface area contributed by atoms with E-state index in [0.717, 1.165) is 12.8 Å². The molecule has 1 heterocycles. The Labute approximate surface area is 136 Å². The van der Waals surface area contributed by atoms with Crippen molar-refractivity contribution in [3.05, 3.63) is 26.7 Å². The summed E-state index contributed by atoms with van der Waals surface area (Å²) in [6, 6.07) is 2.58. The van der Waals surface area contributed by atoms with Gasteiger partial charge in [-0.2, -0.15) is 4.31 Å². The van der Waals surface area contributed by atoms with E-state index in [1.54, 1.807) is 0 Å². The van der Waals surface area contributed by atoms with Crippen LogP contribution in [0.25, 0.3) is 0 Å². The van der Waals surface area contributed by atoms with Crippen molar-refractivity contribution in [1.82, 2.24) is 4.31 Å². The van der Waals surface area contributed by atoms with Crippen molar-refractivity contribution in [2.24, 2.45) is 0 Å². The van der Waals surface area contributed by atoms with Crippen LogP contribution in [-0.4, -0.2) is 37.0 Å². The maximum Gasteiger partial charge on any atom is 0.246 e. The molecule has 0 saturated carbocycles. The van der Waals surface area contributed by atoms with Crippen molar-refractivity contribution < 1.29 is 13.5 Å². The van der Waals surface area contributed by atoms with Crippen LogP contribution in [-0.2, 0) is 10.0 Å². The van der Waals surface area contributed by atoms with E-state index in [1.807, 2.05) is 0 Å². The lowest BCUT2D eigenvalue weighted by Gasteiger charge is -2.33. The van der Waals surface area contributed by atoms with Gasteiger partial charge in [0.1, 0.15) is 4.90 Å². The van der Waals surface area contributed by atoms with Crippen LogP contribution in [0.4, 0.5) is 0 Å². The van der Waals surface area contributed by atoms with Gasteiger partial charge in [0, 0.05) is 17.1 Å². The van der Waals surface area contributed by atoms with E-state index in [0.29, 0.717) is 17.4 Å². The topological polar surface area (TPSA) is 57.6 Å². The highest BCUT2D eigenvalue weighted by Gasteiger charge is 2.35. The number of aliphatic hydroxyl groups is 1. The number of hydrogen-bond acceptors (Lipinski definition) is 3. The van der Waals surface area contributed by atoms with Crippen LogP contribution < -0.4 is 0 Å². The summed E-state index contributed by atoms with van der Waals surface area (Å²) in [4.78, 5) is -0.0932. The number of hydrogen-bond donors (Lipinski definition) is 1. The highest BCUT2D eigenvalue weighted by atomic mass is 79.9. The Morgan fingerprint density at radius 2 is 1.90 bits per heavy atom. The fourth-order valence-electron chi connectivity index (χ4n) is 2.37. The van der Waals surface area contributed by atoms with E-state index < -0.39 is 16.1 Å². The van der Waals surface area contributed by atoms with Gasteiger partial charge in [0.05, 0.1) is 16.7 Å². The van der Waals surface area contributed by atoms with E-state index in [9.17, 15) is 13.5 Å². The molecule has 0 bridgehead atoms. The zero-order valence-electron chi connectivity index (χ0n) is 10.5. The predicted octanol–water partition coefficient (Wildman–Crippen LogP) is 3.29. The molecule has 1 aromatic rings. The second-order valence-corrected chi connectivity index (χ2v) is 8.20. The first-order valence-electron chi connectivity index (χ1n) is 6.15. The molecular formula is C12H14BrCl2NO3S. The fraction of sp³-hybridized carbons (Fsp3) is 0.500. The van der Waals surface area contributed by atoms with Crippen LogP contribution in [0.3, 0.4) is 0 Å². The average molecular weight is 403 g/mol. The molecule has 0 aliphatic carbocycles. The van der Waals surface area contributed by atoms with E-state index in [-0.39, 0.29) is 21.5 Å². The number of benzene rings is 1. The summed E-state index contributed by atoms with van der Waals surface area (Å²) in [5.74, 6) is 0. The van der Waals surface area contributed by atoms with Crippen molar-refractivity contribution in [2.45, 2.75) is 30.2 Å². The molecule has 0 amide bonds. The zero-order valence-corrected chi connectivity index (χ0v) is 14.4. The Morgan fingerprint density at radius 3 is 2.45 bits per heavy atom. The fourth-order valence-corrected chi connectivity index (χ4v) is 5.94. The first kappa shape index (κ1) is 16.5. The second-order valence-electron chi connectivity index (χ2n) is 4.65. The maximum absolute atomic E-state index is 12.7. The Morgan fingerprint density at radius 1 is 1.30 bits per heavy atom. The first-order valence-corrected chi connectivity index (χ1v) is 9.14. The lowest BCUT2D eigenvalue weighted by molar-refractivity contribution is 0.155. The molecule has 1 atom stereocenters. The summed E-state index contributed by atoms with van der Waals surface area (Å²) < 4.78 is 27.4. The van der Waals surface area contributed by atoms with Gasteiger partial charge in [-0.15, -0.1) is 0 Å². The lowest BCUT2D eigenvalue weighted by atomic mass is 10.1. The predicted molar refractivity (Wildman–Crippen MR) is 82.8 cm³/mol. The van der Waals surface area contributed by atoms with Crippen LogP contribution >= 0.6 is 39.1 Å². The molecule has 112 valence electrons. The largest absolute Gasteiger partial charge is 0.395 e. The molecule has 1 aliphatic heterocycles. The van der Waals surface area contributed by atoms with Crippen molar-refractivity contribution in [1.29, 1.82) is 0 Å². The highest BCUT2D eigenvalue weighted by Crippen LogP contribution is 2.36. The minimum atomic E-state index is -3.81. The molecule has 1 N–H and O–H groups in total. The van der Waals surface area contributed by atoms with Gasteiger partial charge in [0.15, 0.2) is 0 Å². The molecule has 1 aliphatic rings. The smallest absolute Gasteiger partial charge is 0.246 e. The Bertz CT molecular complexity index is 586. The summed E-state index contributed by atoms with van der Waals surface area (Å²) in [5.41, 5.74) is 0. The van der Waals surface area contributed by atoms with E-state index in [2.05, 4.69) is 15.9 Å². The van der Waals surface area contributed by atoms with Gasteiger partial charge in [-0.05, 0) is 25.0 Å². The van der Waals surface area contributed by atoms with E-state index in [1.165, 1.54) is 16.4 Å². The molecule has 20 heavy (non-hydrogen) atoms. The molecular weight excluding hydrogens is 389 g/mol. The molecule has 2 rings (SSSR count). The van der Waals surface area contributed by atoms with Gasteiger partial charge in [0.25, 0.3) is 0 Å². The Kier molecular flexibility index (Phi) is 5.37. The number of nitrogens with zero attached hydrogens (tertiary/aromatic N) is 1. The van der Waals surface area contributed by atoms with Crippen LogP contribution in [0.5, 0.6) is 0 Å². The first-order chi connectivity index (χ1) is 9.37. The summed E-state index contributed by atoms with van der Waals surface area (Å²) in [6.07, 6.45) is 2.31. The van der Waals surface area contributed by atoms with Gasteiger partial charge in [-0.1, -0.05) is 45.6 Å². The van der Waals surface area contributed by atoms with Crippen molar-refractivity contribution in [3.8, 4) is 0 Å². The van der Waals surface area contributed by atoms with Gasteiger partial charge in [-0.3, -0.25) is 0 Å². The number of aliphatic hydroxyl groups excluding tert-OH is 1. The Hall–Kier alpha value is 0.150. The molecule has 4 nitrogen and oxygen atoms in total. The quantitative estimate of drug-likeness (QED) is 0.843. The van der Waals surface area contributed by atoms with Gasteiger partial charge < -0.3 is 5.11 Å². The minimum absolute atomic E-state index is 0.0756. The van der Waals surface area contributed by atoms with E-state index in [4.69, 9.17) is 23.2 Å². The molecule has 0 aromatic heterocycles. The normalized spacial score (nSPS) is 21.1. The third-order valence-electron chi connectivity index (χ3n) is 3.31. The van der Waals surface area contributed by atoms with Gasteiger partial charge in [0.2, 0.25) is 10.0 Å². The molecule has 0 spiro atoms. The minimum Gasteiger partial charge on any atom is -0.395 e. The molecule has 1 saturated heterocycles. The number of rotatable bonds is 3. The second kappa shape index (κ2) is 6.50. The monoisotopic (exact) mass is 401 g/mol. The highest BCUT2D eigenvalue weighted by molar-refractivity contribution is 9.10. The molecule has 0 radical (unpaired) electrons. The van der Waals surface area contributed by atoms with Crippen molar-refractivity contribution >= 4 is 49.2 Å². The maximum atomic E-state index is 12.7. The summed E-state index contributed by atoms with van der Waals surface area (Å²) in [6.45, 7) is 0.168. The van der Waals surface area contributed by atoms with Crippen molar-refractivity contribution in [3.63, 3.8) is 0 Å². The van der Waals surface area contributed by atoms with Crippen LogP contribution in [0.1, 0.15) is 19.3 Å². The average Bonchev–Trinajstić information content (AvgIpc) is 2.37. The van der Waals surface area contributed by atoms with Gasteiger partial charge in [-0.25, -0.2) is 8.42 Å². The van der Waals surface area contributed by atoms with Gasteiger partial charge >= 0.3 is 0 Å². The molecule has 1 unspecified atom stereocenters. The number of halogens is 3. The summed E-state index contributed by atoms with van der Waals surface area (Å²) >= 11 is 15.3. The third-order valence-corrected chi connectivity index (χ3v) is 6.65. The Balaban J connectivity index is 2.49. The molecule has 8 heteroatoms. The van der Waals surface area contributed by atoms with Crippen LogP contribution in [0.2, 0.25) is 10.0 Å². The third kappa shape index (κ3) is 3.15. The summed E-state index contributed by atoms with van der Waals surface area (Å²) in [5, 5.41) is 9.53. The number of sulfonamides is 1. The molecule has 1 fully saturated rings. The van der Waals surface area contributed by atoms with Crippen molar-refractivity contribution in [2.75, 3.05) is 13.2 Å². The lowest BCUT2D eigenvalue weighted by Crippen LogP contribution is -2.45. The zero-order chi connectivity index (χ0) is 14.9. The standard InChI is InChI=1S/C12H14BrCl2NO3S/c13-8-5-10(14)12(11(15)6-8)20(18,19)16-4-2-1-3-9(16)7-17/h5-6,9,17H,1-4,7H2. The number of piperidine rings is 1. The van der Waals surface area contributed by atoms with Crippen LogP contribution in [0, 0.1) is 0 Å². The summed E-state index contributed by atoms with van der Waals surface area (Å²) in [7, 11) is -3.81. The molecule has 1 aromatic carbocycles. The SMILES string of the molecule is O=S(=O)(c1c(Cl)cc(Br)cc1Cl)N1CCCCC1CO. The van der Waals surface area contributed by atoms with E-state index >= 15 is 0 Å². The van der Waals surface area contributed by atoms with Crippen LogP contribution in [0.15, 0.2) is 21.5 Å².